The number of hydrogen-bond acceptors (Lipinski definition) is 5. The molecule has 1 aliphatic heterocycles. The Kier molecular flexibility index (Phi) is 5.23. The summed E-state index contributed by atoms with van der Waals surface area (Å²) in [6.07, 6.45) is 4.02. The van der Waals surface area contributed by atoms with Crippen molar-refractivity contribution in [2.24, 2.45) is 5.73 Å². The topological polar surface area (TPSA) is 101 Å². The minimum Gasteiger partial charge on any atom is -0.370 e. The van der Waals surface area contributed by atoms with Gasteiger partial charge in [0, 0.05) is 43.2 Å². The summed E-state index contributed by atoms with van der Waals surface area (Å²) in [5.74, 6) is 0.536. The molecule has 1 aromatic carbocycles. The summed E-state index contributed by atoms with van der Waals surface area (Å²) in [7, 11) is 0. The van der Waals surface area contributed by atoms with Crippen molar-refractivity contribution in [2.45, 2.75) is 19.3 Å². The van der Waals surface area contributed by atoms with E-state index in [1.54, 1.807) is 12.1 Å². The van der Waals surface area contributed by atoms with Crippen molar-refractivity contribution in [3.63, 3.8) is 0 Å². The highest BCUT2D eigenvalue weighted by Gasteiger charge is 2.18. The highest BCUT2D eigenvalue weighted by molar-refractivity contribution is 5.93. The van der Waals surface area contributed by atoms with Gasteiger partial charge in [-0.3, -0.25) is 9.59 Å². The fraction of sp³-hybridized carbons (Fsp3) is 0.333. The van der Waals surface area contributed by atoms with Crippen LogP contribution in [0.4, 0.5) is 5.82 Å². The van der Waals surface area contributed by atoms with Crippen LogP contribution in [0.5, 0.6) is 0 Å². The number of anilines is 1. The fourth-order valence-corrected chi connectivity index (χ4v) is 2.84. The third-order valence-electron chi connectivity index (χ3n) is 4.21. The van der Waals surface area contributed by atoms with Crippen LogP contribution < -0.4 is 11.1 Å². The maximum absolute atomic E-state index is 11.6. The Morgan fingerprint density at radius 2 is 2.04 bits per heavy atom. The average Bonchev–Trinajstić information content (AvgIpc) is 3.04. The molecule has 1 aromatic heterocycles. The Morgan fingerprint density at radius 1 is 1.24 bits per heavy atom. The van der Waals surface area contributed by atoms with Crippen LogP contribution in [0.25, 0.3) is 11.3 Å². The minimum atomic E-state index is -0.451. The molecule has 3 rings (SSSR count). The second-order valence-corrected chi connectivity index (χ2v) is 5.99. The van der Waals surface area contributed by atoms with Gasteiger partial charge < -0.3 is 16.0 Å². The van der Waals surface area contributed by atoms with E-state index in [9.17, 15) is 9.59 Å². The van der Waals surface area contributed by atoms with Crippen LogP contribution in [0.1, 0.15) is 29.6 Å². The third-order valence-corrected chi connectivity index (χ3v) is 4.21. The van der Waals surface area contributed by atoms with Crippen molar-refractivity contribution >= 4 is 17.6 Å². The van der Waals surface area contributed by atoms with Gasteiger partial charge in [0.1, 0.15) is 12.1 Å². The average molecular weight is 339 g/mol. The lowest BCUT2D eigenvalue weighted by Gasteiger charge is -2.15. The van der Waals surface area contributed by atoms with Gasteiger partial charge in [-0.2, -0.15) is 0 Å². The molecule has 130 valence electrons. The molecular formula is C18H21N5O2. The SMILES string of the molecule is NC(=O)c1ccc(-c2cc(NCCCN3CCCC3=O)ncn2)cc1. The molecule has 1 fully saturated rings. The van der Waals surface area contributed by atoms with E-state index in [1.165, 1.54) is 6.33 Å². The number of carbonyl (C=O) groups is 2. The monoisotopic (exact) mass is 339 g/mol. The molecule has 1 saturated heterocycles. The third kappa shape index (κ3) is 4.32. The van der Waals surface area contributed by atoms with E-state index in [0.717, 1.165) is 49.6 Å². The Hall–Kier alpha value is -2.96. The molecule has 1 aliphatic rings. The molecule has 0 atom stereocenters. The molecular weight excluding hydrogens is 318 g/mol. The Labute approximate surface area is 146 Å². The van der Waals surface area contributed by atoms with Crippen molar-refractivity contribution in [2.75, 3.05) is 25.0 Å². The standard InChI is InChI=1S/C18H21N5O2/c19-18(25)14-6-4-13(5-7-14)15-11-16(22-12-21-15)20-8-2-10-23-9-1-3-17(23)24/h4-7,11-12H,1-3,8-10H2,(H2,19,25)(H,20,21,22). The number of nitrogens with one attached hydrogen (secondary N) is 1. The summed E-state index contributed by atoms with van der Waals surface area (Å²) in [5, 5.41) is 3.26. The van der Waals surface area contributed by atoms with Gasteiger partial charge in [-0.1, -0.05) is 12.1 Å². The molecule has 0 spiro atoms. The smallest absolute Gasteiger partial charge is 0.248 e. The van der Waals surface area contributed by atoms with E-state index >= 15 is 0 Å². The number of amides is 2. The molecule has 0 radical (unpaired) electrons. The molecule has 7 nitrogen and oxygen atoms in total. The van der Waals surface area contributed by atoms with Gasteiger partial charge in [-0.05, 0) is 25.0 Å². The molecule has 2 aromatic rings. The van der Waals surface area contributed by atoms with Crippen molar-refractivity contribution in [3.8, 4) is 11.3 Å². The van der Waals surface area contributed by atoms with Crippen LogP contribution >= 0.6 is 0 Å². The zero-order valence-electron chi connectivity index (χ0n) is 13.9. The maximum Gasteiger partial charge on any atom is 0.248 e. The number of likely N-dealkylation sites (tertiary alicyclic amines) is 1. The van der Waals surface area contributed by atoms with Gasteiger partial charge >= 0.3 is 0 Å². The van der Waals surface area contributed by atoms with E-state index in [4.69, 9.17) is 5.73 Å². The largest absolute Gasteiger partial charge is 0.370 e. The lowest BCUT2D eigenvalue weighted by Crippen LogP contribution is -2.27. The van der Waals surface area contributed by atoms with Gasteiger partial charge in [0.25, 0.3) is 0 Å². The maximum atomic E-state index is 11.6. The predicted molar refractivity (Wildman–Crippen MR) is 94.9 cm³/mol. The summed E-state index contributed by atoms with van der Waals surface area (Å²) in [6, 6.07) is 8.84. The highest BCUT2D eigenvalue weighted by Crippen LogP contribution is 2.19. The number of hydrogen-bond donors (Lipinski definition) is 2. The molecule has 0 saturated carbocycles. The number of benzene rings is 1. The van der Waals surface area contributed by atoms with Gasteiger partial charge in [0.05, 0.1) is 5.69 Å². The first-order chi connectivity index (χ1) is 12.1. The lowest BCUT2D eigenvalue weighted by atomic mass is 10.1. The van der Waals surface area contributed by atoms with E-state index in [1.807, 2.05) is 23.1 Å². The minimum absolute atomic E-state index is 0.253. The van der Waals surface area contributed by atoms with E-state index < -0.39 is 5.91 Å². The summed E-state index contributed by atoms with van der Waals surface area (Å²) in [4.78, 5) is 33.1. The van der Waals surface area contributed by atoms with Gasteiger partial charge in [-0.25, -0.2) is 9.97 Å². The Balaban J connectivity index is 1.55. The van der Waals surface area contributed by atoms with Crippen LogP contribution in [-0.2, 0) is 4.79 Å². The second-order valence-electron chi connectivity index (χ2n) is 5.99. The van der Waals surface area contributed by atoms with E-state index in [2.05, 4.69) is 15.3 Å². The fourth-order valence-electron chi connectivity index (χ4n) is 2.84. The van der Waals surface area contributed by atoms with Crippen LogP contribution in [-0.4, -0.2) is 46.3 Å². The first-order valence-corrected chi connectivity index (χ1v) is 8.37. The van der Waals surface area contributed by atoms with Gasteiger partial charge in [-0.15, -0.1) is 0 Å². The summed E-state index contributed by atoms with van der Waals surface area (Å²) in [6.45, 7) is 2.39. The number of carbonyl (C=O) groups excluding carboxylic acids is 2. The number of nitrogens with zero attached hydrogens (tertiary/aromatic N) is 3. The van der Waals surface area contributed by atoms with Crippen molar-refractivity contribution in [3.05, 3.63) is 42.2 Å². The summed E-state index contributed by atoms with van der Waals surface area (Å²) in [5.41, 5.74) is 7.37. The molecule has 3 N–H and O–H groups in total. The number of rotatable bonds is 7. The molecule has 0 unspecified atom stereocenters. The van der Waals surface area contributed by atoms with Gasteiger partial charge in [0.15, 0.2) is 0 Å². The summed E-state index contributed by atoms with van der Waals surface area (Å²) < 4.78 is 0. The molecule has 0 bridgehead atoms. The van der Waals surface area contributed by atoms with Crippen LogP contribution in [0, 0.1) is 0 Å². The van der Waals surface area contributed by atoms with Gasteiger partial charge in [0.2, 0.25) is 11.8 Å². The number of primary amides is 1. The van der Waals surface area contributed by atoms with E-state index in [0.29, 0.717) is 12.0 Å². The van der Waals surface area contributed by atoms with Crippen molar-refractivity contribution in [1.82, 2.24) is 14.9 Å². The number of nitrogens with two attached hydrogens (primary N) is 1. The molecule has 2 heterocycles. The molecule has 2 amide bonds. The van der Waals surface area contributed by atoms with Crippen LogP contribution in [0.2, 0.25) is 0 Å². The Morgan fingerprint density at radius 3 is 2.72 bits per heavy atom. The molecule has 7 heteroatoms. The zero-order chi connectivity index (χ0) is 17.6. The molecule has 0 aliphatic carbocycles. The predicted octanol–water partition coefficient (Wildman–Crippen LogP) is 1.67. The van der Waals surface area contributed by atoms with E-state index in [-0.39, 0.29) is 5.91 Å². The van der Waals surface area contributed by atoms with Crippen LogP contribution in [0.15, 0.2) is 36.7 Å². The molecule has 25 heavy (non-hydrogen) atoms. The quantitative estimate of drug-likeness (QED) is 0.747. The second kappa shape index (κ2) is 7.74. The number of aromatic nitrogens is 2. The lowest BCUT2D eigenvalue weighted by molar-refractivity contribution is -0.127. The normalized spacial score (nSPS) is 13.9. The first-order valence-electron chi connectivity index (χ1n) is 8.37. The first kappa shape index (κ1) is 16.9. The zero-order valence-corrected chi connectivity index (χ0v) is 13.9. The van der Waals surface area contributed by atoms with Crippen molar-refractivity contribution in [1.29, 1.82) is 0 Å². The highest BCUT2D eigenvalue weighted by atomic mass is 16.2. The van der Waals surface area contributed by atoms with Crippen molar-refractivity contribution < 1.29 is 9.59 Å². The summed E-state index contributed by atoms with van der Waals surface area (Å²) >= 11 is 0. The Bertz CT molecular complexity index is 760. The van der Waals surface area contributed by atoms with Crippen LogP contribution in [0.3, 0.4) is 0 Å².